The summed E-state index contributed by atoms with van der Waals surface area (Å²) in [6.45, 7) is 6.06. The van der Waals surface area contributed by atoms with Crippen LogP contribution >= 0.6 is 0 Å². The molecule has 0 bridgehead atoms. The summed E-state index contributed by atoms with van der Waals surface area (Å²) >= 11 is 0. The molecule has 0 aliphatic carbocycles. The minimum atomic E-state index is -0.292. The van der Waals surface area contributed by atoms with E-state index in [9.17, 15) is 9.18 Å². The van der Waals surface area contributed by atoms with Crippen LogP contribution < -0.4 is 0 Å². The molecule has 1 fully saturated rings. The molecule has 1 aliphatic rings. The van der Waals surface area contributed by atoms with Gasteiger partial charge in [0, 0.05) is 32.7 Å². The van der Waals surface area contributed by atoms with Crippen LogP contribution in [-0.2, 0) is 6.54 Å². The lowest BCUT2D eigenvalue weighted by Crippen LogP contribution is -2.35. The predicted molar refractivity (Wildman–Crippen MR) is 110 cm³/mol. The molecule has 0 spiro atoms. The smallest absolute Gasteiger partial charge is 0.257 e. The van der Waals surface area contributed by atoms with Gasteiger partial charge in [0.25, 0.3) is 5.91 Å². The highest BCUT2D eigenvalue weighted by atomic mass is 19.1. The Bertz CT molecular complexity index is 968. The number of hydrogen-bond donors (Lipinski definition) is 0. The van der Waals surface area contributed by atoms with E-state index in [4.69, 9.17) is 0 Å². The molecule has 5 nitrogen and oxygen atoms in total. The fourth-order valence-electron chi connectivity index (χ4n) is 3.81. The third kappa shape index (κ3) is 4.38. The first kappa shape index (κ1) is 19.3. The molecule has 1 saturated heterocycles. The van der Waals surface area contributed by atoms with Gasteiger partial charge in [-0.25, -0.2) is 9.07 Å². The van der Waals surface area contributed by atoms with Crippen molar-refractivity contribution in [2.45, 2.75) is 19.9 Å². The lowest BCUT2D eigenvalue weighted by Gasteiger charge is -2.22. The molecule has 0 saturated carbocycles. The van der Waals surface area contributed by atoms with Gasteiger partial charge in [0.15, 0.2) is 0 Å². The van der Waals surface area contributed by atoms with Crippen LogP contribution in [0.15, 0.2) is 60.8 Å². The summed E-state index contributed by atoms with van der Waals surface area (Å²) in [4.78, 5) is 17.5. The first-order valence-electron chi connectivity index (χ1n) is 9.98. The van der Waals surface area contributed by atoms with Crippen molar-refractivity contribution in [3.63, 3.8) is 0 Å². The van der Waals surface area contributed by atoms with E-state index in [2.05, 4.69) is 34.3 Å². The van der Waals surface area contributed by atoms with Crippen LogP contribution in [0.5, 0.6) is 0 Å². The summed E-state index contributed by atoms with van der Waals surface area (Å²) in [6, 6.07) is 16.5. The van der Waals surface area contributed by atoms with E-state index in [1.807, 2.05) is 17.9 Å². The van der Waals surface area contributed by atoms with Crippen molar-refractivity contribution in [2.24, 2.45) is 0 Å². The molecule has 1 aliphatic heterocycles. The molecule has 0 atom stereocenters. The Hall–Kier alpha value is -2.99. The second-order valence-corrected chi connectivity index (χ2v) is 7.44. The van der Waals surface area contributed by atoms with Gasteiger partial charge in [-0.3, -0.25) is 9.69 Å². The first-order chi connectivity index (χ1) is 14.1. The van der Waals surface area contributed by atoms with E-state index >= 15 is 0 Å². The fourth-order valence-corrected chi connectivity index (χ4v) is 3.81. The van der Waals surface area contributed by atoms with Crippen LogP contribution in [0.3, 0.4) is 0 Å². The molecule has 0 unspecified atom stereocenters. The molecule has 4 rings (SSSR count). The second kappa shape index (κ2) is 8.57. The maximum Gasteiger partial charge on any atom is 0.257 e. The average Bonchev–Trinajstić information content (AvgIpc) is 2.96. The van der Waals surface area contributed by atoms with E-state index in [0.29, 0.717) is 12.1 Å². The lowest BCUT2D eigenvalue weighted by atomic mass is 10.2. The van der Waals surface area contributed by atoms with Gasteiger partial charge in [0.05, 0.1) is 23.1 Å². The molecule has 1 aromatic heterocycles. The van der Waals surface area contributed by atoms with E-state index in [-0.39, 0.29) is 11.7 Å². The maximum atomic E-state index is 13.2. The van der Waals surface area contributed by atoms with Crippen molar-refractivity contribution in [3.8, 4) is 5.69 Å². The first-order valence-corrected chi connectivity index (χ1v) is 9.98. The summed E-state index contributed by atoms with van der Waals surface area (Å²) < 4.78 is 14.9. The van der Waals surface area contributed by atoms with Gasteiger partial charge in [0.1, 0.15) is 5.82 Å². The highest BCUT2D eigenvalue weighted by Gasteiger charge is 2.23. The number of carbonyl (C=O) groups excluding carboxylic acids is 1. The maximum absolute atomic E-state index is 13.2. The number of aromatic nitrogens is 2. The number of halogens is 1. The van der Waals surface area contributed by atoms with Crippen molar-refractivity contribution in [1.82, 2.24) is 19.6 Å². The minimum Gasteiger partial charge on any atom is -0.337 e. The van der Waals surface area contributed by atoms with Crippen LogP contribution in [0.1, 0.15) is 28.0 Å². The highest BCUT2D eigenvalue weighted by Crippen LogP contribution is 2.18. The van der Waals surface area contributed by atoms with Crippen LogP contribution in [0.25, 0.3) is 5.69 Å². The standard InChI is InChI=1S/C23H25FN4O/c1-18-22(16-25-28(18)21-10-8-20(24)9-11-21)23(29)27-13-5-12-26(14-15-27)17-19-6-3-2-4-7-19/h2-4,6-11,16H,5,12-15,17H2,1H3. The fraction of sp³-hybridized carbons (Fsp3) is 0.304. The Balaban J connectivity index is 1.44. The molecule has 0 N–H and O–H groups in total. The summed E-state index contributed by atoms with van der Waals surface area (Å²) in [5, 5.41) is 4.36. The van der Waals surface area contributed by atoms with Crippen LogP contribution in [-0.4, -0.2) is 51.7 Å². The predicted octanol–water partition coefficient (Wildman–Crippen LogP) is 3.67. The molecule has 29 heavy (non-hydrogen) atoms. The Morgan fingerprint density at radius 2 is 1.76 bits per heavy atom. The van der Waals surface area contributed by atoms with Crippen molar-refractivity contribution in [1.29, 1.82) is 0 Å². The quantitative estimate of drug-likeness (QED) is 0.680. The number of benzene rings is 2. The Labute approximate surface area is 170 Å². The SMILES string of the molecule is Cc1c(C(=O)N2CCCN(Cc3ccccc3)CC2)cnn1-c1ccc(F)cc1. The number of hydrogen-bond acceptors (Lipinski definition) is 3. The molecule has 2 heterocycles. The number of carbonyl (C=O) groups is 1. The summed E-state index contributed by atoms with van der Waals surface area (Å²) in [6.07, 6.45) is 2.57. The molecule has 2 aromatic carbocycles. The Kier molecular flexibility index (Phi) is 5.71. The molecule has 150 valence electrons. The van der Waals surface area contributed by atoms with Crippen molar-refractivity contribution >= 4 is 5.91 Å². The van der Waals surface area contributed by atoms with Gasteiger partial charge in [0.2, 0.25) is 0 Å². The normalized spacial score (nSPS) is 15.3. The number of nitrogens with zero attached hydrogens (tertiary/aromatic N) is 4. The van der Waals surface area contributed by atoms with Crippen LogP contribution in [0.2, 0.25) is 0 Å². The minimum absolute atomic E-state index is 0.0115. The van der Waals surface area contributed by atoms with E-state index < -0.39 is 0 Å². The summed E-state index contributed by atoms with van der Waals surface area (Å²) in [7, 11) is 0. The zero-order chi connectivity index (χ0) is 20.2. The molecule has 6 heteroatoms. The molecule has 3 aromatic rings. The lowest BCUT2D eigenvalue weighted by molar-refractivity contribution is 0.0760. The monoisotopic (exact) mass is 392 g/mol. The molecule has 0 radical (unpaired) electrons. The van der Waals surface area contributed by atoms with E-state index in [1.54, 1.807) is 23.0 Å². The topological polar surface area (TPSA) is 41.4 Å². The largest absolute Gasteiger partial charge is 0.337 e. The van der Waals surface area contributed by atoms with E-state index in [0.717, 1.165) is 44.0 Å². The number of rotatable bonds is 4. The van der Waals surface area contributed by atoms with Gasteiger partial charge in [-0.1, -0.05) is 30.3 Å². The molecular weight excluding hydrogens is 367 g/mol. The third-order valence-corrected chi connectivity index (χ3v) is 5.44. The average molecular weight is 392 g/mol. The van der Waals surface area contributed by atoms with E-state index in [1.165, 1.54) is 17.7 Å². The van der Waals surface area contributed by atoms with Gasteiger partial charge in [-0.05, 0) is 43.2 Å². The summed E-state index contributed by atoms with van der Waals surface area (Å²) in [5.41, 5.74) is 3.41. The van der Waals surface area contributed by atoms with Crippen molar-refractivity contribution < 1.29 is 9.18 Å². The van der Waals surface area contributed by atoms with Crippen LogP contribution in [0.4, 0.5) is 4.39 Å². The Morgan fingerprint density at radius 1 is 1.00 bits per heavy atom. The van der Waals surface area contributed by atoms with Gasteiger partial charge in [-0.2, -0.15) is 5.10 Å². The molecule has 1 amide bonds. The highest BCUT2D eigenvalue weighted by molar-refractivity contribution is 5.95. The zero-order valence-electron chi connectivity index (χ0n) is 16.6. The summed E-state index contributed by atoms with van der Waals surface area (Å²) in [5.74, 6) is -0.281. The second-order valence-electron chi connectivity index (χ2n) is 7.44. The van der Waals surface area contributed by atoms with Gasteiger partial charge < -0.3 is 4.90 Å². The molecular formula is C23H25FN4O. The van der Waals surface area contributed by atoms with Gasteiger partial charge >= 0.3 is 0 Å². The number of amides is 1. The van der Waals surface area contributed by atoms with Crippen molar-refractivity contribution in [2.75, 3.05) is 26.2 Å². The van der Waals surface area contributed by atoms with Crippen molar-refractivity contribution in [3.05, 3.63) is 83.4 Å². The van der Waals surface area contributed by atoms with Crippen LogP contribution in [0, 0.1) is 12.7 Å². The zero-order valence-corrected chi connectivity index (χ0v) is 16.6. The Morgan fingerprint density at radius 3 is 2.52 bits per heavy atom. The third-order valence-electron chi connectivity index (χ3n) is 5.44. The van der Waals surface area contributed by atoms with Gasteiger partial charge in [-0.15, -0.1) is 0 Å².